The van der Waals surface area contributed by atoms with E-state index in [1.807, 2.05) is 50.2 Å². The van der Waals surface area contributed by atoms with Gasteiger partial charge in [0.15, 0.2) is 0 Å². The largest absolute Gasteiger partial charge is 0.371 e. The Hall–Kier alpha value is -2.22. The lowest BCUT2D eigenvalue weighted by Crippen LogP contribution is -2.37. The molecule has 0 radical (unpaired) electrons. The average Bonchev–Trinajstić information content (AvgIpc) is 3.06. The molecule has 130 valence electrons. The van der Waals surface area contributed by atoms with Crippen molar-refractivity contribution in [2.75, 3.05) is 0 Å². The van der Waals surface area contributed by atoms with Crippen LogP contribution in [-0.2, 0) is 11.3 Å². The van der Waals surface area contributed by atoms with Crippen LogP contribution in [0, 0.1) is 22.6 Å². The molecule has 3 nitrogen and oxygen atoms in total. The van der Waals surface area contributed by atoms with Crippen molar-refractivity contribution in [3.05, 3.63) is 71.5 Å². The molecular formula is C21H23FN2O. The number of nitrogens with zero attached hydrogens (tertiary/aromatic N) is 1. The second-order valence-corrected chi connectivity index (χ2v) is 7.16. The van der Waals surface area contributed by atoms with Gasteiger partial charge in [-0.1, -0.05) is 42.5 Å². The smallest absolute Gasteiger partial charge is 0.123 e. The minimum Gasteiger partial charge on any atom is -0.371 e. The quantitative estimate of drug-likeness (QED) is 0.881. The van der Waals surface area contributed by atoms with Gasteiger partial charge in [-0.15, -0.1) is 0 Å². The molecule has 3 rings (SSSR count). The van der Waals surface area contributed by atoms with E-state index in [1.54, 1.807) is 6.07 Å². The highest BCUT2D eigenvalue weighted by Crippen LogP contribution is 2.37. The summed E-state index contributed by atoms with van der Waals surface area (Å²) in [6.07, 6.45) is 0.605. The Balaban J connectivity index is 1.80. The van der Waals surface area contributed by atoms with E-state index in [9.17, 15) is 9.65 Å². The molecule has 0 bridgehead atoms. The lowest BCUT2D eigenvalue weighted by molar-refractivity contribution is 0.0306. The van der Waals surface area contributed by atoms with Crippen LogP contribution in [0.15, 0.2) is 54.6 Å². The van der Waals surface area contributed by atoms with E-state index in [0.29, 0.717) is 13.0 Å². The first-order valence-electron chi connectivity index (χ1n) is 8.58. The Bertz CT molecular complexity index is 754. The van der Waals surface area contributed by atoms with Gasteiger partial charge < -0.3 is 10.1 Å². The van der Waals surface area contributed by atoms with Crippen molar-refractivity contribution in [3.63, 3.8) is 0 Å². The Labute approximate surface area is 148 Å². The minimum absolute atomic E-state index is 0.00783. The number of nitrogens with one attached hydrogen (secondary N) is 1. The maximum atomic E-state index is 13.7. The number of halogens is 1. The maximum Gasteiger partial charge on any atom is 0.123 e. The summed E-state index contributed by atoms with van der Waals surface area (Å²) in [6, 6.07) is 18.8. The predicted molar refractivity (Wildman–Crippen MR) is 95.1 cm³/mol. The van der Waals surface area contributed by atoms with Gasteiger partial charge in [0, 0.05) is 6.04 Å². The van der Waals surface area contributed by atoms with Gasteiger partial charge >= 0.3 is 0 Å². The molecule has 1 fully saturated rings. The maximum absolute atomic E-state index is 13.7. The van der Waals surface area contributed by atoms with Crippen molar-refractivity contribution in [2.45, 2.75) is 45.1 Å². The predicted octanol–water partition coefficient (Wildman–Crippen LogP) is 4.36. The minimum atomic E-state index is -0.517. The van der Waals surface area contributed by atoms with E-state index in [1.165, 1.54) is 12.1 Å². The average molecular weight is 338 g/mol. The molecule has 1 N–H and O–H groups in total. The van der Waals surface area contributed by atoms with Gasteiger partial charge in [0.2, 0.25) is 0 Å². The molecule has 0 aliphatic carbocycles. The van der Waals surface area contributed by atoms with Crippen LogP contribution in [0.1, 0.15) is 37.4 Å². The zero-order valence-electron chi connectivity index (χ0n) is 14.6. The summed E-state index contributed by atoms with van der Waals surface area (Å²) in [7, 11) is 0. The summed E-state index contributed by atoms with van der Waals surface area (Å²) in [5, 5.41) is 13.0. The molecule has 2 aromatic carbocycles. The summed E-state index contributed by atoms with van der Waals surface area (Å²) in [5.41, 5.74) is 1.44. The summed E-state index contributed by atoms with van der Waals surface area (Å²) in [5.74, 6) is -0.260. The summed E-state index contributed by atoms with van der Waals surface area (Å²) >= 11 is 0. The summed E-state index contributed by atoms with van der Waals surface area (Å²) in [6.45, 7) is 4.35. The molecule has 1 saturated heterocycles. The first kappa shape index (κ1) is 17.6. The molecule has 1 heterocycles. The van der Waals surface area contributed by atoms with Gasteiger partial charge in [-0.3, -0.25) is 0 Å². The number of hydrogen-bond donors (Lipinski definition) is 1. The zero-order chi connectivity index (χ0) is 17.9. The highest BCUT2D eigenvalue weighted by atomic mass is 19.1. The third kappa shape index (κ3) is 4.07. The topological polar surface area (TPSA) is 45.0 Å². The molecule has 3 atom stereocenters. The fourth-order valence-electron chi connectivity index (χ4n) is 3.29. The third-order valence-corrected chi connectivity index (χ3v) is 4.89. The second-order valence-electron chi connectivity index (χ2n) is 7.16. The number of ether oxygens (including phenoxy) is 1. The van der Waals surface area contributed by atoms with Crippen molar-refractivity contribution in [1.29, 1.82) is 5.26 Å². The SMILES string of the molecule is CC(C)(C#N)[C@H]1C[C@@H](OCc2ccccc2)[C@@H](c2cccc(F)c2)N1. The summed E-state index contributed by atoms with van der Waals surface area (Å²) < 4.78 is 19.8. The van der Waals surface area contributed by atoms with Crippen molar-refractivity contribution >= 4 is 0 Å². The van der Waals surface area contributed by atoms with E-state index in [-0.39, 0.29) is 24.0 Å². The normalized spacial score (nSPS) is 23.4. The fraction of sp³-hybridized carbons (Fsp3) is 0.381. The van der Waals surface area contributed by atoms with Crippen LogP contribution < -0.4 is 5.32 Å². The van der Waals surface area contributed by atoms with Crippen LogP contribution in [-0.4, -0.2) is 12.1 Å². The van der Waals surface area contributed by atoms with Gasteiger partial charge in [-0.05, 0) is 43.5 Å². The fourth-order valence-corrected chi connectivity index (χ4v) is 3.29. The number of benzene rings is 2. The number of rotatable bonds is 5. The third-order valence-electron chi connectivity index (χ3n) is 4.89. The van der Waals surface area contributed by atoms with Crippen LogP contribution in [0.3, 0.4) is 0 Å². The molecular weight excluding hydrogens is 315 g/mol. The van der Waals surface area contributed by atoms with Gasteiger partial charge in [-0.2, -0.15) is 5.26 Å². The van der Waals surface area contributed by atoms with E-state index < -0.39 is 5.41 Å². The van der Waals surface area contributed by atoms with Crippen LogP contribution >= 0.6 is 0 Å². The molecule has 0 amide bonds. The van der Waals surface area contributed by atoms with Crippen LogP contribution in [0.5, 0.6) is 0 Å². The molecule has 1 aliphatic heterocycles. The van der Waals surface area contributed by atoms with Crippen molar-refractivity contribution < 1.29 is 9.13 Å². The van der Waals surface area contributed by atoms with Gasteiger partial charge in [0.1, 0.15) is 5.82 Å². The Kier molecular flexibility index (Phi) is 5.17. The molecule has 0 unspecified atom stereocenters. The number of nitriles is 1. The second kappa shape index (κ2) is 7.35. The molecule has 1 aliphatic rings. The highest BCUT2D eigenvalue weighted by Gasteiger charge is 2.42. The van der Waals surface area contributed by atoms with Gasteiger partial charge in [0.05, 0.1) is 30.2 Å². The van der Waals surface area contributed by atoms with Crippen molar-refractivity contribution in [3.8, 4) is 6.07 Å². The Morgan fingerprint density at radius 2 is 1.96 bits per heavy atom. The molecule has 25 heavy (non-hydrogen) atoms. The van der Waals surface area contributed by atoms with E-state index in [4.69, 9.17) is 4.74 Å². The standard InChI is InChI=1S/C21H23FN2O/c1-21(2,14-23)19-12-18(25-13-15-7-4-3-5-8-15)20(24-19)16-9-6-10-17(22)11-16/h3-11,18-20,24H,12-13H2,1-2H3/t18-,19-,20-/m1/s1. The first-order valence-corrected chi connectivity index (χ1v) is 8.58. The zero-order valence-corrected chi connectivity index (χ0v) is 14.6. The molecule has 0 saturated carbocycles. The lowest BCUT2D eigenvalue weighted by atomic mass is 9.85. The Morgan fingerprint density at radius 3 is 2.64 bits per heavy atom. The highest BCUT2D eigenvalue weighted by molar-refractivity contribution is 5.24. The van der Waals surface area contributed by atoms with E-state index in [0.717, 1.165) is 11.1 Å². The van der Waals surface area contributed by atoms with Gasteiger partial charge in [0.25, 0.3) is 0 Å². The van der Waals surface area contributed by atoms with Crippen molar-refractivity contribution in [1.82, 2.24) is 5.32 Å². The van der Waals surface area contributed by atoms with Crippen molar-refractivity contribution in [2.24, 2.45) is 5.41 Å². The Morgan fingerprint density at radius 1 is 1.20 bits per heavy atom. The lowest BCUT2D eigenvalue weighted by Gasteiger charge is -2.24. The molecule has 0 spiro atoms. The molecule has 0 aromatic heterocycles. The molecule has 2 aromatic rings. The van der Waals surface area contributed by atoms with Crippen LogP contribution in [0.25, 0.3) is 0 Å². The monoisotopic (exact) mass is 338 g/mol. The summed E-state index contributed by atoms with van der Waals surface area (Å²) in [4.78, 5) is 0. The van der Waals surface area contributed by atoms with Crippen LogP contribution in [0.4, 0.5) is 4.39 Å². The first-order chi connectivity index (χ1) is 12.0. The van der Waals surface area contributed by atoms with Gasteiger partial charge in [-0.25, -0.2) is 4.39 Å². The van der Waals surface area contributed by atoms with Crippen LogP contribution in [0.2, 0.25) is 0 Å². The molecule has 4 heteroatoms. The van der Waals surface area contributed by atoms with E-state index in [2.05, 4.69) is 11.4 Å². The van der Waals surface area contributed by atoms with E-state index >= 15 is 0 Å². The number of hydrogen-bond acceptors (Lipinski definition) is 3.